The molecule has 3 aromatic rings. The first-order valence-electron chi connectivity index (χ1n) is 6.09. The molecule has 8 heteroatoms. The number of imidazole rings is 1. The number of aryl methyl sites for hydroxylation is 1. The summed E-state index contributed by atoms with van der Waals surface area (Å²) < 4.78 is 22.7. The van der Waals surface area contributed by atoms with Crippen molar-refractivity contribution in [2.75, 3.05) is 12.4 Å². The van der Waals surface area contributed by atoms with Crippen LogP contribution in [0.25, 0.3) is 16.9 Å². The third kappa shape index (κ3) is 2.10. The molecule has 0 aliphatic heterocycles. The normalized spacial score (nSPS) is 10.8. The van der Waals surface area contributed by atoms with Crippen LogP contribution in [0.4, 0.5) is 10.2 Å². The van der Waals surface area contributed by atoms with E-state index in [1.165, 1.54) is 24.1 Å². The second-order valence-electron chi connectivity index (χ2n) is 4.37. The molecule has 3 aromatic heterocycles. The molecule has 0 aromatic carbocycles. The summed E-state index contributed by atoms with van der Waals surface area (Å²) >= 11 is 0. The number of methoxy groups -OCH3 is 1. The molecule has 0 fully saturated rings. The van der Waals surface area contributed by atoms with Gasteiger partial charge < -0.3 is 14.5 Å². The average Bonchev–Trinajstić information content (AvgIpc) is 3.01. The van der Waals surface area contributed by atoms with Gasteiger partial charge in [0.25, 0.3) is 0 Å². The Morgan fingerprint density at radius 3 is 2.95 bits per heavy atom. The number of hydrogen-bond donors (Lipinski definition) is 1. The monoisotopic (exact) mass is 289 g/mol. The summed E-state index contributed by atoms with van der Waals surface area (Å²) in [5.74, 6) is 0.369. The SMILES string of the molecule is COc1cnn(C)c1-c1cn2cc(NC=O)nc2cc1F. The van der Waals surface area contributed by atoms with Crippen LogP contribution in [0.1, 0.15) is 0 Å². The predicted molar refractivity (Wildman–Crippen MR) is 73.6 cm³/mol. The highest BCUT2D eigenvalue weighted by Crippen LogP contribution is 2.31. The summed E-state index contributed by atoms with van der Waals surface area (Å²) in [7, 11) is 3.20. The number of nitrogens with zero attached hydrogens (tertiary/aromatic N) is 4. The summed E-state index contributed by atoms with van der Waals surface area (Å²) in [6, 6.07) is 1.29. The molecule has 0 saturated heterocycles. The van der Waals surface area contributed by atoms with Crippen molar-refractivity contribution in [2.45, 2.75) is 0 Å². The summed E-state index contributed by atoms with van der Waals surface area (Å²) in [4.78, 5) is 14.5. The fourth-order valence-corrected chi connectivity index (χ4v) is 2.19. The second kappa shape index (κ2) is 4.89. The first kappa shape index (κ1) is 13.1. The predicted octanol–water partition coefficient (Wildman–Crippen LogP) is 1.45. The minimum absolute atomic E-state index is 0.328. The molecule has 0 aliphatic carbocycles. The van der Waals surface area contributed by atoms with Crippen molar-refractivity contribution >= 4 is 17.9 Å². The van der Waals surface area contributed by atoms with Crippen molar-refractivity contribution in [3.05, 3.63) is 30.5 Å². The summed E-state index contributed by atoms with van der Waals surface area (Å²) in [5, 5.41) is 6.49. The Bertz CT molecular complexity index is 823. The number of fused-ring (bicyclic) bond motifs is 1. The van der Waals surface area contributed by atoms with Gasteiger partial charge in [0.05, 0.1) is 25.1 Å². The van der Waals surface area contributed by atoms with Gasteiger partial charge in [-0.3, -0.25) is 9.48 Å². The molecule has 0 bridgehead atoms. The summed E-state index contributed by atoms with van der Waals surface area (Å²) in [6.45, 7) is 0. The lowest BCUT2D eigenvalue weighted by atomic mass is 10.2. The van der Waals surface area contributed by atoms with Crippen LogP contribution in [0.3, 0.4) is 0 Å². The largest absolute Gasteiger partial charge is 0.493 e. The smallest absolute Gasteiger partial charge is 0.212 e. The number of carbonyl (C=O) groups excluding carboxylic acids is 1. The number of carbonyl (C=O) groups is 1. The molecule has 0 spiro atoms. The van der Waals surface area contributed by atoms with Crippen molar-refractivity contribution in [1.29, 1.82) is 0 Å². The minimum Gasteiger partial charge on any atom is -0.493 e. The number of ether oxygens (including phenoxy) is 1. The highest BCUT2D eigenvalue weighted by atomic mass is 19.1. The Hall–Kier alpha value is -2.90. The highest BCUT2D eigenvalue weighted by Gasteiger charge is 2.17. The lowest BCUT2D eigenvalue weighted by molar-refractivity contribution is -0.105. The maximum absolute atomic E-state index is 14.3. The van der Waals surface area contributed by atoms with Gasteiger partial charge in [0.1, 0.15) is 17.2 Å². The standard InChI is InChI=1S/C13H12FN5O2/c1-18-13(10(21-2)4-16-18)8-5-19-6-11(15-7-20)17-12(19)3-9(8)14/h3-7H,1-2H3,(H,15,20). The third-order valence-electron chi connectivity index (χ3n) is 3.13. The molecule has 1 N–H and O–H groups in total. The summed E-state index contributed by atoms with van der Waals surface area (Å²) in [5.41, 5.74) is 1.24. The van der Waals surface area contributed by atoms with E-state index in [4.69, 9.17) is 4.74 Å². The first-order valence-corrected chi connectivity index (χ1v) is 6.09. The van der Waals surface area contributed by atoms with E-state index in [0.717, 1.165) is 0 Å². The highest BCUT2D eigenvalue weighted by molar-refractivity contribution is 5.72. The van der Waals surface area contributed by atoms with Crippen molar-refractivity contribution in [3.63, 3.8) is 0 Å². The lowest BCUT2D eigenvalue weighted by Crippen LogP contribution is -1.99. The molecule has 0 aliphatic rings. The van der Waals surface area contributed by atoms with E-state index in [-0.39, 0.29) is 0 Å². The molecule has 7 nitrogen and oxygen atoms in total. The Morgan fingerprint density at radius 2 is 2.24 bits per heavy atom. The van der Waals surface area contributed by atoms with Crippen molar-refractivity contribution in [2.24, 2.45) is 7.05 Å². The van der Waals surface area contributed by atoms with Gasteiger partial charge in [-0.2, -0.15) is 5.10 Å². The van der Waals surface area contributed by atoms with Crippen LogP contribution >= 0.6 is 0 Å². The maximum atomic E-state index is 14.3. The zero-order chi connectivity index (χ0) is 15.0. The van der Waals surface area contributed by atoms with E-state index in [9.17, 15) is 9.18 Å². The van der Waals surface area contributed by atoms with Crippen LogP contribution < -0.4 is 10.1 Å². The fraction of sp³-hybridized carbons (Fsp3) is 0.154. The molecule has 1 amide bonds. The molecular formula is C13H12FN5O2. The molecule has 0 atom stereocenters. The van der Waals surface area contributed by atoms with Gasteiger partial charge in [-0.1, -0.05) is 0 Å². The number of nitrogens with one attached hydrogen (secondary N) is 1. The molecule has 3 rings (SSSR count). The molecule has 108 valence electrons. The van der Waals surface area contributed by atoms with Gasteiger partial charge in [-0.05, 0) is 0 Å². The Labute approximate surface area is 119 Å². The van der Waals surface area contributed by atoms with Crippen molar-refractivity contribution in [1.82, 2.24) is 19.2 Å². The molecule has 3 heterocycles. The molecular weight excluding hydrogens is 277 g/mol. The minimum atomic E-state index is -0.451. The van der Waals surface area contributed by atoms with E-state index in [2.05, 4.69) is 15.4 Å². The summed E-state index contributed by atoms with van der Waals surface area (Å²) in [6.07, 6.45) is 5.21. The molecule has 21 heavy (non-hydrogen) atoms. The van der Waals surface area contributed by atoms with Crippen LogP contribution in [0, 0.1) is 5.82 Å². The lowest BCUT2D eigenvalue weighted by Gasteiger charge is -2.07. The van der Waals surface area contributed by atoms with Gasteiger partial charge >= 0.3 is 0 Å². The Balaban J connectivity index is 2.20. The Kier molecular flexibility index (Phi) is 3.05. The maximum Gasteiger partial charge on any atom is 0.212 e. The van der Waals surface area contributed by atoms with Crippen LogP contribution in [-0.4, -0.2) is 32.7 Å². The van der Waals surface area contributed by atoms with Gasteiger partial charge in [0, 0.05) is 19.3 Å². The van der Waals surface area contributed by atoms with Gasteiger partial charge in [-0.25, -0.2) is 9.37 Å². The van der Waals surface area contributed by atoms with Gasteiger partial charge in [0.2, 0.25) is 6.41 Å². The number of aromatic nitrogens is 4. The zero-order valence-corrected chi connectivity index (χ0v) is 11.4. The topological polar surface area (TPSA) is 73.5 Å². The van der Waals surface area contributed by atoms with Gasteiger partial charge in [-0.15, -0.1) is 0 Å². The molecule has 0 unspecified atom stereocenters. The van der Waals surface area contributed by atoms with Gasteiger partial charge in [0.15, 0.2) is 11.6 Å². The van der Waals surface area contributed by atoms with Crippen molar-refractivity contribution < 1.29 is 13.9 Å². The van der Waals surface area contributed by atoms with Crippen molar-refractivity contribution in [3.8, 4) is 17.0 Å². The van der Waals surface area contributed by atoms with E-state index in [1.807, 2.05) is 0 Å². The van der Waals surface area contributed by atoms with Crippen LogP contribution in [0.2, 0.25) is 0 Å². The second-order valence-corrected chi connectivity index (χ2v) is 4.37. The third-order valence-corrected chi connectivity index (χ3v) is 3.13. The Morgan fingerprint density at radius 1 is 1.43 bits per heavy atom. The number of rotatable bonds is 4. The first-order chi connectivity index (χ1) is 10.1. The number of pyridine rings is 1. The molecule has 0 radical (unpaired) electrons. The number of anilines is 1. The number of amides is 1. The van der Waals surface area contributed by atoms with Crippen LogP contribution in [0.15, 0.2) is 24.7 Å². The van der Waals surface area contributed by atoms with E-state index in [1.54, 1.807) is 23.8 Å². The molecule has 0 saturated carbocycles. The average molecular weight is 289 g/mol. The van der Waals surface area contributed by atoms with Crippen LogP contribution in [0.5, 0.6) is 5.75 Å². The van der Waals surface area contributed by atoms with E-state index < -0.39 is 5.82 Å². The number of hydrogen-bond acceptors (Lipinski definition) is 4. The fourth-order valence-electron chi connectivity index (χ4n) is 2.19. The zero-order valence-electron chi connectivity index (χ0n) is 11.4. The van der Waals surface area contributed by atoms with E-state index in [0.29, 0.717) is 34.9 Å². The van der Waals surface area contributed by atoms with Crippen LogP contribution in [-0.2, 0) is 11.8 Å². The number of halogens is 1. The van der Waals surface area contributed by atoms with E-state index >= 15 is 0 Å². The quantitative estimate of drug-likeness (QED) is 0.738.